The van der Waals surface area contributed by atoms with E-state index in [9.17, 15) is 0 Å². The fourth-order valence-electron chi connectivity index (χ4n) is 3.72. The largest absolute Gasteiger partial charge is 0.0654 e. The molecule has 0 saturated carbocycles. The van der Waals surface area contributed by atoms with E-state index in [0.717, 1.165) is 12.8 Å². The molecular formula is C27H39. The molecular weight excluding hydrogens is 324 g/mol. The van der Waals surface area contributed by atoms with Crippen molar-refractivity contribution < 1.29 is 0 Å². The minimum atomic E-state index is 1.13. The Bertz CT molecular complexity index is 581. The van der Waals surface area contributed by atoms with Crippen molar-refractivity contribution in [3.63, 3.8) is 0 Å². The lowest BCUT2D eigenvalue weighted by atomic mass is 9.93. The van der Waals surface area contributed by atoms with Crippen LogP contribution in [-0.2, 0) is 12.8 Å². The third kappa shape index (κ3) is 9.27. The van der Waals surface area contributed by atoms with Crippen molar-refractivity contribution in [2.45, 2.75) is 90.9 Å². The normalized spacial score (nSPS) is 11.2. The molecule has 0 aromatic heterocycles. The Balaban J connectivity index is 1.59. The molecule has 0 fully saturated rings. The smallest absolute Gasteiger partial charge is 0.00221 e. The molecule has 0 heteroatoms. The van der Waals surface area contributed by atoms with Gasteiger partial charge in [0.15, 0.2) is 0 Å². The van der Waals surface area contributed by atoms with Crippen LogP contribution in [0.15, 0.2) is 54.6 Å². The Morgan fingerprint density at radius 3 is 1.78 bits per heavy atom. The molecule has 0 aliphatic carbocycles. The molecule has 0 N–H and O–H groups in total. The number of benzene rings is 2. The first-order valence-corrected chi connectivity index (χ1v) is 11.2. The topological polar surface area (TPSA) is 0 Å². The minimum absolute atomic E-state index is 1.13. The van der Waals surface area contributed by atoms with Gasteiger partial charge in [0.25, 0.3) is 0 Å². The van der Waals surface area contributed by atoms with Gasteiger partial charge in [-0.2, -0.15) is 0 Å². The molecule has 1 radical (unpaired) electrons. The van der Waals surface area contributed by atoms with Crippen LogP contribution in [-0.4, -0.2) is 0 Å². The Labute approximate surface area is 168 Å². The Hall–Kier alpha value is -1.56. The van der Waals surface area contributed by atoms with Crippen LogP contribution in [0.25, 0.3) is 0 Å². The number of hydrogen-bond donors (Lipinski definition) is 0. The second-order valence-corrected chi connectivity index (χ2v) is 8.04. The molecule has 0 unspecified atom stereocenters. The molecule has 0 heterocycles. The predicted molar refractivity (Wildman–Crippen MR) is 120 cm³/mol. The zero-order valence-corrected chi connectivity index (χ0v) is 17.7. The zero-order chi connectivity index (χ0) is 19.2. The Morgan fingerprint density at radius 1 is 0.593 bits per heavy atom. The van der Waals surface area contributed by atoms with Gasteiger partial charge in [-0.05, 0) is 42.4 Å². The lowest BCUT2D eigenvalue weighted by Gasteiger charge is -2.12. The minimum Gasteiger partial charge on any atom is -0.0654 e. The van der Waals surface area contributed by atoms with Gasteiger partial charge < -0.3 is 0 Å². The second-order valence-electron chi connectivity index (χ2n) is 8.04. The highest BCUT2D eigenvalue weighted by Crippen LogP contribution is 2.21. The molecule has 2 aromatic rings. The van der Waals surface area contributed by atoms with Crippen molar-refractivity contribution in [3.8, 4) is 0 Å². The van der Waals surface area contributed by atoms with E-state index in [1.165, 1.54) is 86.8 Å². The summed E-state index contributed by atoms with van der Waals surface area (Å²) in [5.74, 6) is 1.49. The number of unbranched alkanes of at least 4 members (excludes halogenated alkanes) is 8. The number of rotatable bonds is 14. The van der Waals surface area contributed by atoms with Gasteiger partial charge in [0.05, 0.1) is 0 Å². The van der Waals surface area contributed by atoms with E-state index in [0.29, 0.717) is 0 Å². The fourth-order valence-corrected chi connectivity index (χ4v) is 3.72. The van der Waals surface area contributed by atoms with Crippen molar-refractivity contribution in [2.24, 2.45) is 0 Å². The van der Waals surface area contributed by atoms with E-state index in [4.69, 9.17) is 0 Å². The third-order valence-electron chi connectivity index (χ3n) is 5.65. The summed E-state index contributed by atoms with van der Waals surface area (Å²) in [4.78, 5) is 0. The quantitative estimate of drug-likeness (QED) is 0.296. The maximum Gasteiger partial charge on any atom is 0.00221 e. The Morgan fingerprint density at radius 2 is 1.15 bits per heavy atom. The highest BCUT2D eigenvalue weighted by Gasteiger charge is 2.06. The molecule has 0 aliphatic rings. The summed E-state index contributed by atoms with van der Waals surface area (Å²) >= 11 is 0. The lowest BCUT2D eigenvalue weighted by Crippen LogP contribution is -1.98. The highest BCUT2D eigenvalue weighted by atomic mass is 14.1. The molecule has 0 saturated heterocycles. The molecule has 0 nitrogen and oxygen atoms in total. The van der Waals surface area contributed by atoms with Crippen LogP contribution in [0.2, 0.25) is 0 Å². The van der Waals surface area contributed by atoms with E-state index < -0.39 is 0 Å². The predicted octanol–water partition coefficient (Wildman–Crippen LogP) is 8.34. The first kappa shape index (κ1) is 21.7. The van der Waals surface area contributed by atoms with Gasteiger partial charge in [0.1, 0.15) is 0 Å². The highest BCUT2D eigenvalue weighted by molar-refractivity contribution is 5.33. The summed E-state index contributed by atoms with van der Waals surface area (Å²) in [6.45, 7) is 4.56. The summed E-state index contributed by atoms with van der Waals surface area (Å²) in [6.07, 6.45) is 16.2. The zero-order valence-electron chi connectivity index (χ0n) is 17.7. The van der Waals surface area contributed by atoms with Crippen LogP contribution in [0.3, 0.4) is 0 Å². The van der Waals surface area contributed by atoms with Gasteiger partial charge >= 0.3 is 0 Å². The SMILES string of the molecule is CCCCCCCCCCCc1ccc([C](C)CCc2ccccc2)cc1. The summed E-state index contributed by atoms with van der Waals surface area (Å²) in [5, 5.41) is 0. The average Bonchev–Trinajstić information content (AvgIpc) is 2.72. The number of hydrogen-bond acceptors (Lipinski definition) is 0. The standard InChI is InChI=1S/C27H39/c1-3-4-5-6-7-8-9-10-12-17-26-20-22-27(23-21-26)24(2)18-19-25-15-13-11-14-16-25/h11,13-16,20-23H,3-10,12,17-19H2,1-2H3. The monoisotopic (exact) mass is 363 g/mol. The van der Waals surface area contributed by atoms with Gasteiger partial charge in [-0.25, -0.2) is 0 Å². The fraction of sp³-hybridized carbons (Fsp3) is 0.519. The van der Waals surface area contributed by atoms with Crippen molar-refractivity contribution >= 4 is 0 Å². The molecule has 0 spiro atoms. The molecule has 0 atom stereocenters. The van der Waals surface area contributed by atoms with Crippen molar-refractivity contribution in [1.29, 1.82) is 0 Å². The third-order valence-corrected chi connectivity index (χ3v) is 5.65. The molecule has 0 bridgehead atoms. The van der Waals surface area contributed by atoms with E-state index in [1.54, 1.807) is 0 Å². The first-order valence-electron chi connectivity index (χ1n) is 11.2. The van der Waals surface area contributed by atoms with Crippen molar-refractivity contribution in [3.05, 3.63) is 77.2 Å². The van der Waals surface area contributed by atoms with Crippen LogP contribution >= 0.6 is 0 Å². The van der Waals surface area contributed by atoms with Gasteiger partial charge in [0, 0.05) is 5.92 Å². The van der Waals surface area contributed by atoms with Crippen LogP contribution in [0.4, 0.5) is 0 Å². The average molecular weight is 364 g/mol. The maximum absolute atomic E-state index is 2.34. The molecule has 2 rings (SSSR count). The van der Waals surface area contributed by atoms with Gasteiger partial charge in [0.2, 0.25) is 0 Å². The van der Waals surface area contributed by atoms with Crippen molar-refractivity contribution in [2.75, 3.05) is 0 Å². The Kier molecular flexibility index (Phi) is 10.9. The summed E-state index contributed by atoms with van der Waals surface area (Å²) in [7, 11) is 0. The van der Waals surface area contributed by atoms with Crippen LogP contribution in [0.1, 0.15) is 94.7 Å². The van der Waals surface area contributed by atoms with E-state index in [-0.39, 0.29) is 0 Å². The van der Waals surface area contributed by atoms with Gasteiger partial charge in [-0.1, -0.05) is 120 Å². The molecule has 2 aromatic carbocycles. The molecule has 0 amide bonds. The summed E-state index contributed by atoms with van der Waals surface area (Å²) in [6, 6.07) is 20.1. The molecule has 27 heavy (non-hydrogen) atoms. The molecule has 147 valence electrons. The summed E-state index contributed by atoms with van der Waals surface area (Å²) in [5.41, 5.74) is 4.33. The summed E-state index contributed by atoms with van der Waals surface area (Å²) < 4.78 is 0. The maximum atomic E-state index is 2.34. The van der Waals surface area contributed by atoms with Gasteiger partial charge in [-0.15, -0.1) is 0 Å². The second kappa shape index (κ2) is 13.6. The number of aryl methyl sites for hydroxylation is 2. The first-order chi connectivity index (χ1) is 13.3. The van der Waals surface area contributed by atoms with Crippen LogP contribution in [0.5, 0.6) is 0 Å². The molecule has 0 aliphatic heterocycles. The van der Waals surface area contributed by atoms with E-state index >= 15 is 0 Å². The van der Waals surface area contributed by atoms with E-state index in [2.05, 4.69) is 68.4 Å². The van der Waals surface area contributed by atoms with Gasteiger partial charge in [-0.3, -0.25) is 0 Å². The van der Waals surface area contributed by atoms with E-state index in [1.807, 2.05) is 0 Å². The lowest BCUT2D eigenvalue weighted by molar-refractivity contribution is 0.565. The van der Waals surface area contributed by atoms with Crippen molar-refractivity contribution in [1.82, 2.24) is 0 Å². The van der Waals surface area contributed by atoms with Crippen LogP contribution in [0, 0.1) is 5.92 Å². The van der Waals surface area contributed by atoms with Crippen LogP contribution < -0.4 is 0 Å².